The number of carbonyl (C=O) groups is 2. The van der Waals surface area contributed by atoms with E-state index in [2.05, 4.69) is 10.6 Å². The fourth-order valence-corrected chi connectivity index (χ4v) is 6.41. The molecule has 3 heterocycles. The van der Waals surface area contributed by atoms with Gasteiger partial charge in [0.25, 0.3) is 5.91 Å². The van der Waals surface area contributed by atoms with Gasteiger partial charge in [0.1, 0.15) is 5.56 Å². The number of para-hydroxylation sites is 1. The predicted molar refractivity (Wildman–Crippen MR) is 134 cm³/mol. The van der Waals surface area contributed by atoms with Crippen LogP contribution in [0.15, 0.2) is 64.3 Å². The lowest BCUT2D eigenvalue weighted by Gasteiger charge is -2.33. The van der Waals surface area contributed by atoms with Crippen molar-refractivity contribution in [2.45, 2.75) is 23.5 Å². The maximum atomic E-state index is 13.7. The Morgan fingerprint density at radius 3 is 2.50 bits per heavy atom. The van der Waals surface area contributed by atoms with Gasteiger partial charge in [0.05, 0.1) is 5.69 Å². The van der Waals surface area contributed by atoms with Crippen molar-refractivity contribution in [3.05, 3.63) is 92.4 Å². The van der Waals surface area contributed by atoms with Crippen molar-refractivity contribution in [3.8, 4) is 5.69 Å². The summed E-state index contributed by atoms with van der Waals surface area (Å²) >= 11 is 8.29. The Morgan fingerprint density at radius 2 is 1.76 bits per heavy atom. The number of amides is 2. The van der Waals surface area contributed by atoms with Crippen LogP contribution in [0.4, 0.5) is 0 Å². The molecule has 1 saturated heterocycles. The molecule has 2 aromatic carbocycles. The Kier molecular flexibility index (Phi) is 6.23. The molecule has 2 amide bonds. The molecule has 0 bridgehead atoms. The predicted octanol–water partition coefficient (Wildman–Crippen LogP) is 4.10. The smallest absolute Gasteiger partial charge is 0.259 e. The second-order valence-electron chi connectivity index (χ2n) is 8.54. The number of aromatic nitrogens is 1. The van der Waals surface area contributed by atoms with Gasteiger partial charge in [-0.15, -0.1) is 11.8 Å². The summed E-state index contributed by atoms with van der Waals surface area (Å²) in [6.07, 6.45) is 1.28. The third-order valence-corrected chi connectivity index (χ3v) is 8.12. The molecule has 1 unspecified atom stereocenters. The molecule has 6 nitrogen and oxygen atoms in total. The lowest BCUT2D eigenvalue weighted by molar-refractivity contribution is -0.119. The summed E-state index contributed by atoms with van der Waals surface area (Å²) in [5, 5.41) is 0.599. The number of pyridine rings is 1. The SMILES string of the molecule is Cc1cc(=O)c(C(=O)N2CCN(C=O)CC2)c2n1-c1ccccc1SC(c1ccccc1Cl)C2. The van der Waals surface area contributed by atoms with Crippen LogP contribution in [-0.4, -0.2) is 52.9 Å². The van der Waals surface area contributed by atoms with E-state index in [0.29, 0.717) is 43.3 Å². The number of carbonyl (C=O) groups excluding carboxylic acids is 2. The van der Waals surface area contributed by atoms with Crippen LogP contribution >= 0.6 is 23.4 Å². The highest BCUT2D eigenvalue weighted by Crippen LogP contribution is 2.46. The van der Waals surface area contributed by atoms with Crippen LogP contribution in [0.1, 0.15) is 32.6 Å². The molecule has 0 N–H and O–H groups in total. The normalized spacial score (nSPS) is 17.5. The van der Waals surface area contributed by atoms with Crippen LogP contribution in [-0.2, 0) is 11.2 Å². The minimum Gasteiger partial charge on any atom is -0.342 e. The van der Waals surface area contributed by atoms with Gasteiger partial charge in [-0.05, 0) is 30.7 Å². The fourth-order valence-electron chi connectivity index (χ4n) is 4.76. The van der Waals surface area contributed by atoms with E-state index < -0.39 is 0 Å². The first-order chi connectivity index (χ1) is 16.5. The zero-order valence-electron chi connectivity index (χ0n) is 18.7. The minimum atomic E-state index is -0.276. The summed E-state index contributed by atoms with van der Waals surface area (Å²) in [5.41, 5.74) is 3.36. The number of piperazine rings is 1. The van der Waals surface area contributed by atoms with Gasteiger partial charge in [0.15, 0.2) is 5.43 Å². The first-order valence-corrected chi connectivity index (χ1v) is 12.5. The van der Waals surface area contributed by atoms with Gasteiger partial charge in [0, 0.05) is 65.2 Å². The van der Waals surface area contributed by atoms with Gasteiger partial charge >= 0.3 is 0 Å². The van der Waals surface area contributed by atoms with Crippen molar-refractivity contribution in [1.29, 1.82) is 0 Å². The number of aryl methyl sites for hydroxylation is 1. The van der Waals surface area contributed by atoms with Crippen molar-refractivity contribution < 1.29 is 9.59 Å². The molecule has 0 aliphatic carbocycles. The Morgan fingerprint density at radius 1 is 1.06 bits per heavy atom. The first kappa shape index (κ1) is 22.7. The summed E-state index contributed by atoms with van der Waals surface area (Å²) in [6.45, 7) is 3.64. The van der Waals surface area contributed by atoms with Crippen molar-refractivity contribution in [1.82, 2.24) is 14.4 Å². The van der Waals surface area contributed by atoms with Gasteiger partial charge in [-0.1, -0.05) is 41.9 Å². The Bertz CT molecular complexity index is 1330. The van der Waals surface area contributed by atoms with Gasteiger partial charge in [-0.3, -0.25) is 14.4 Å². The van der Waals surface area contributed by atoms with E-state index in [1.807, 2.05) is 49.4 Å². The van der Waals surface area contributed by atoms with Crippen LogP contribution in [0, 0.1) is 6.92 Å². The Balaban J connectivity index is 1.68. The molecule has 5 rings (SSSR count). The van der Waals surface area contributed by atoms with E-state index in [0.717, 1.165) is 28.3 Å². The minimum absolute atomic E-state index is 0.0664. The molecular formula is C26H24ClN3O3S. The molecule has 8 heteroatoms. The monoisotopic (exact) mass is 493 g/mol. The van der Waals surface area contributed by atoms with E-state index in [-0.39, 0.29) is 22.1 Å². The number of fused-ring (bicyclic) bond motifs is 3. The zero-order chi connectivity index (χ0) is 23.8. The third kappa shape index (κ3) is 4.03. The van der Waals surface area contributed by atoms with Crippen molar-refractivity contribution >= 4 is 35.7 Å². The van der Waals surface area contributed by atoms with Gasteiger partial charge in [0.2, 0.25) is 6.41 Å². The standard InChI is InChI=1S/C26H24ClN3O3S/c1-17-14-22(32)25(26(33)29-12-10-28(16-31)11-13-29)21-15-24(18-6-2-3-7-19(18)27)34-23-9-5-4-8-20(23)30(17)21/h2-9,14,16,24H,10-13,15H2,1H3. The van der Waals surface area contributed by atoms with E-state index in [9.17, 15) is 14.4 Å². The Labute approximate surface area is 207 Å². The van der Waals surface area contributed by atoms with E-state index in [1.54, 1.807) is 27.6 Å². The van der Waals surface area contributed by atoms with Crippen LogP contribution in [0.3, 0.4) is 0 Å². The van der Waals surface area contributed by atoms with Crippen molar-refractivity contribution in [3.63, 3.8) is 0 Å². The number of rotatable bonds is 3. The first-order valence-electron chi connectivity index (χ1n) is 11.2. The lowest BCUT2D eigenvalue weighted by Crippen LogP contribution is -2.49. The highest BCUT2D eigenvalue weighted by atomic mass is 35.5. The largest absolute Gasteiger partial charge is 0.342 e. The number of thioether (sulfide) groups is 1. The fraction of sp³-hybridized carbons (Fsp3) is 0.269. The third-order valence-electron chi connectivity index (χ3n) is 6.47. The van der Waals surface area contributed by atoms with E-state index in [1.165, 1.54) is 0 Å². The van der Waals surface area contributed by atoms with E-state index >= 15 is 0 Å². The molecular weight excluding hydrogens is 470 g/mol. The maximum Gasteiger partial charge on any atom is 0.259 e. The molecule has 1 atom stereocenters. The van der Waals surface area contributed by atoms with Gasteiger partial charge in [-0.25, -0.2) is 0 Å². The summed E-state index contributed by atoms with van der Waals surface area (Å²) in [4.78, 5) is 42.5. The summed E-state index contributed by atoms with van der Waals surface area (Å²) in [7, 11) is 0. The van der Waals surface area contributed by atoms with Gasteiger partial charge in [-0.2, -0.15) is 0 Å². The molecule has 1 fully saturated rings. The molecule has 174 valence electrons. The maximum absolute atomic E-state index is 13.7. The quantitative estimate of drug-likeness (QED) is 0.515. The number of hydrogen-bond acceptors (Lipinski definition) is 4. The number of hydrogen-bond donors (Lipinski definition) is 0. The van der Waals surface area contributed by atoms with Crippen LogP contribution in [0.5, 0.6) is 0 Å². The molecule has 3 aromatic rings. The molecule has 0 saturated carbocycles. The molecule has 2 aliphatic rings. The van der Waals surface area contributed by atoms with Crippen LogP contribution < -0.4 is 5.43 Å². The average molecular weight is 494 g/mol. The molecule has 0 spiro atoms. The van der Waals surface area contributed by atoms with Crippen LogP contribution in [0.2, 0.25) is 5.02 Å². The number of benzene rings is 2. The summed E-state index contributed by atoms with van der Waals surface area (Å²) in [5.74, 6) is -0.276. The topological polar surface area (TPSA) is 62.6 Å². The van der Waals surface area contributed by atoms with Crippen molar-refractivity contribution in [2.24, 2.45) is 0 Å². The molecule has 34 heavy (non-hydrogen) atoms. The molecule has 1 aromatic heterocycles. The molecule has 0 radical (unpaired) electrons. The van der Waals surface area contributed by atoms with Crippen LogP contribution in [0.25, 0.3) is 5.69 Å². The lowest BCUT2D eigenvalue weighted by atomic mass is 10.0. The molecule has 2 aliphatic heterocycles. The average Bonchev–Trinajstić information content (AvgIpc) is 3.01. The second-order valence-corrected chi connectivity index (χ2v) is 10.2. The second kappa shape index (κ2) is 9.31. The highest BCUT2D eigenvalue weighted by molar-refractivity contribution is 7.99. The zero-order valence-corrected chi connectivity index (χ0v) is 20.3. The summed E-state index contributed by atoms with van der Waals surface area (Å²) < 4.78 is 2.05. The highest BCUT2D eigenvalue weighted by Gasteiger charge is 2.32. The Hall–Kier alpha value is -3.03. The number of halogens is 1. The van der Waals surface area contributed by atoms with Gasteiger partial charge < -0.3 is 14.4 Å². The summed E-state index contributed by atoms with van der Waals surface area (Å²) in [6, 6.07) is 17.3. The number of nitrogens with zero attached hydrogens (tertiary/aromatic N) is 3. The van der Waals surface area contributed by atoms with Crippen molar-refractivity contribution in [2.75, 3.05) is 26.2 Å². The van der Waals surface area contributed by atoms with E-state index in [4.69, 9.17) is 11.6 Å².